The molecule has 4 atom stereocenters. The molecular weight excluding hydrogens is 364 g/mol. The zero-order valence-electron chi connectivity index (χ0n) is 15.4. The number of nitrogens with zero attached hydrogens (tertiary/aromatic N) is 2. The van der Waals surface area contributed by atoms with Crippen molar-refractivity contribution in [2.75, 3.05) is 5.32 Å². The van der Waals surface area contributed by atoms with E-state index >= 15 is 0 Å². The summed E-state index contributed by atoms with van der Waals surface area (Å²) in [5.41, 5.74) is 0.355. The molecule has 2 saturated carbocycles. The van der Waals surface area contributed by atoms with Crippen LogP contribution in [0, 0.1) is 23.7 Å². The van der Waals surface area contributed by atoms with Crippen molar-refractivity contribution in [1.29, 1.82) is 0 Å². The van der Waals surface area contributed by atoms with Crippen LogP contribution in [-0.2, 0) is 23.2 Å². The summed E-state index contributed by atoms with van der Waals surface area (Å²) < 4.78 is 6.62. The van der Waals surface area contributed by atoms with Crippen LogP contribution in [0.15, 0.2) is 29.0 Å². The van der Waals surface area contributed by atoms with Gasteiger partial charge in [-0.3, -0.25) is 19.1 Å². The number of furan rings is 1. The van der Waals surface area contributed by atoms with E-state index in [1.165, 1.54) is 10.9 Å². The number of aliphatic carboxylic acids is 1. The predicted octanol–water partition coefficient (Wildman–Crippen LogP) is 1.63. The van der Waals surface area contributed by atoms with Crippen LogP contribution in [0.2, 0.25) is 0 Å². The standard InChI is InChI=1S/C19H22N4O5/c1-23-9-13(16(22-23)18(25)20-8-12-3-2-6-28-12)21-17(24)14-10-4-5-11(7-10)15(14)19(26)27/h2-3,6,9-11,14-15H,4-5,7-8H2,1H3,(H,20,25)(H,21,24)(H,26,27)/t10-,11-,14-,15+/m0/s1. The second-order valence-corrected chi connectivity index (χ2v) is 7.54. The molecule has 2 bridgehead atoms. The Hall–Kier alpha value is -3.10. The first-order valence-electron chi connectivity index (χ1n) is 9.32. The summed E-state index contributed by atoms with van der Waals surface area (Å²) in [5, 5.41) is 19.1. The highest BCUT2D eigenvalue weighted by atomic mass is 16.4. The topological polar surface area (TPSA) is 126 Å². The summed E-state index contributed by atoms with van der Waals surface area (Å²) >= 11 is 0. The predicted molar refractivity (Wildman–Crippen MR) is 97.2 cm³/mol. The van der Waals surface area contributed by atoms with Crippen LogP contribution in [0.1, 0.15) is 35.5 Å². The van der Waals surface area contributed by atoms with Crippen molar-refractivity contribution in [3.63, 3.8) is 0 Å². The van der Waals surface area contributed by atoms with Gasteiger partial charge in [-0.15, -0.1) is 0 Å². The Morgan fingerprint density at radius 2 is 2.04 bits per heavy atom. The third-order valence-corrected chi connectivity index (χ3v) is 5.81. The Bertz CT molecular complexity index is 904. The number of aromatic nitrogens is 2. The fourth-order valence-corrected chi connectivity index (χ4v) is 4.65. The smallest absolute Gasteiger partial charge is 0.307 e. The van der Waals surface area contributed by atoms with E-state index in [0.717, 1.165) is 19.3 Å². The number of aryl methyl sites for hydroxylation is 1. The van der Waals surface area contributed by atoms with Crippen molar-refractivity contribution in [2.24, 2.45) is 30.7 Å². The molecular formula is C19H22N4O5. The SMILES string of the molecule is Cn1cc(NC(=O)[C@H]2[C@H]3CC[C@@H](C3)[C@H]2C(=O)O)c(C(=O)NCc2ccco2)n1. The van der Waals surface area contributed by atoms with Crippen LogP contribution in [-0.4, -0.2) is 32.7 Å². The van der Waals surface area contributed by atoms with Gasteiger partial charge in [-0.05, 0) is 43.2 Å². The van der Waals surface area contributed by atoms with Crippen LogP contribution in [0.25, 0.3) is 0 Å². The molecule has 9 heteroatoms. The molecule has 0 aliphatic heterocycles. The van der Waals surface area contributed by atoms with Gasteiger partial charge in [0.1, 0.15) is 5.76 Å². The van der Waals surface area contributed by atoms with Gasteiger partial charge in [0.25, 0.3) is 5.91 Å². The monoisotopic (exact) mass is 386 g/mol. The molecule has 0 radical (unpaired) electrons. The van der Waals surface area contributed by atoms with Crippen molar-refractivity contribution in [2.45, 2.75) is 25.8 Å². The first kappa shape index (κ1) is 18.3. The Balaban J connectivity index is 1.48. The second-order valence-electron chi connectivity index (χ2n) is 7.54. The first-order chi connectivity index (χ1) is 13.4. The maximum absolute atomic E-state index is 12.9. The Morgan fingerprint density at radius 3 is 2.71 bits per heavy atom. The Labute approximate surface area is 161 Å². The summed E-state index contributed by atoms with van der Waals surface area (Å²) in [5.74, 6) is -2.22. The average molecular weight is 386 g/mol. The minimum absolute atomic E-state index is 0.0585. The van der Waals surface area contributed by atoms with Gasteiger partial charge in [0.15, 0.2) is 5.69 Å². The van der Waals surface area contributed by atoms with E-state index < -0.39 is 23.7 Å². The quantitative estimate of drug-likeness (QED) is 0.693. The Morgan fingerprint density at radius 1 is 1.29 bits per heavy atom. The number of rotatable bonds is 6. The van der Waals surface area contributed by atoms with E-state index in [2.05, 4.69) is 15.7 Å². The number of hydrogen-bond acceptors (Lipinski definition) is 5. The summed E-state index contributed by atoms with van der Waals surface area (Å²) in [6, 6.07) is 3.46. The molecule has 2 aliphatic carbocycles. The van der Waals surface area contributed by atoms with E-state index in [9.17, 15) is 19.5 Å². The van der Waals surface area contributed by atoms with Crippen LogP contribution in [0.5, 0.6) is 0 Å². The molecule has 2 aromatic rings. The zero-order valence-corrected chi connectivity index (χ0v) is 15.4. The molecule has 2 aromatic heterocycles. The maximum Gasteiger partial charge on any atom is 0.307 e. The molecule has 0 spiro atoms. The molecule has 0 unspecified atom stereocenters. The number of carbonyl (C=O) groups excluding carboxylic acids is 2. The molecule has 28 heavy (non-hydrogen) atoms. The van der Waals surface area contributed by atoms with Crippen molar-refractivity contribution < 1.29 is 23.9 Å². The number of nitrogens with one attached hydrogen (secondary N) is 2. The van der Waals surface area contributed by atoms with E-state index in [-0.39, 0.29) is 35.7 Å². The summed E-state index contributed by atoms with van der Waals surface area (Å²) in [7, 11) is 1.65. The number of carboxylic acid groups (broad SMARTS) is 1. The molecule has 2 amide bonds. The fourth-order valence-electron chi connectivity index (χ4n) is 4.65. The summed E-state index contributed by atoms with van der Waals surface area (Å²) in [4.78, 5) is 37.1. The number of hydrogen-bond donors (Lipinski definition) is 3. The number of fused-ring (bicyclic) bond motifs is 2. The van der Waals surface area contributed by atoms with Crippen LogP contribution in [0.3, 0.4) is 0 Å². The van der Waals surface area contributed by atoms with Crippen LogP contribution < -0.4 is 10.6 Å². The number of carboxylic acids is 1. The second kappa shape index (κ2) is 7.14. The highest BCUT2D eigenvalue weighted by Gasteiger charge is 2.54. The first-order valence-corrected chi connectivity index (χ1v) is 9.32. The summed E-state index contributed by atoms with van der Waals surface area (Å²) in [6.07, 6.45) is 5.57. The normalized spacial score (nSPS) is 25.6. The lowest BCUT2D eigenvalue weighted by molar-refractivity contribution is -0.148. The van der Waals surface area contributed by atoms with Gasteiger partial charge in [-0.1, -0.05) is 0 Å². The molecule has 9 nitrogen and oxygen atoms in total. The van der Waals surface area contributed by atoms with E-state index in [1.807, 2.05) is 0 Å². The van der Waals surface area contributed by atoms with Crippen LogP contribution >= 0.6 is 0 Å². The van der Waals surface area contributed by atoms with Gasteiger partial charge >= 0.3 is 5.97 Å². The Kier molecular flexibility index (Phi) is 4.66. The highest BCUT2D eigenvalue weighted by molar-refractivity contribution is 6.03. The minimum Gasteiger partial charge on any atom is -0.481 e. The van der Waals surface area contributed by atoms with Gasteiger partial charge in [0.05, 0.1) is 30.3 Å². The highest BCUT2D eigenvalue weighted by Crippen LogP contribution is 2.52. The number of carbonyl (C=O) groups is 3. The van der Waals surface area contributed by atoms with E-state index in [1.54, 1.807) is 25.4 Å². The molecule has 2 heterocycles. The van der Waals surface area contributed by atoms with Gasteiger partial charge in [-0.2, -0.15) is 5.10 Å². The van der Waals surface area contributed by atoms with Gasteiger partial charge in [0.2, 0.25) is 5.91 Å². The number of amides is 2. The zero-order chi connectivity index (χ0) is 19.8. The fraction of sp³-hybridized carbons (Fsp3) is 0.474. The van der Waals surface area contributed by atoms with Gasteiger partial charge in [-0.25, -0.2) is 0 Å². The number of anilines is 1. The van der Waals surface area contributed by atoms with Crippen molar-refractivity contribution in [3.05, 3.63) is 36.0 Å². The minimum atomic E-state index is -0.921. The lowest BCUT2D eigenvalue weighted by atomic mass is 9.78. The maximum atomic E-state index is 12.9. The van der Waals surface area contributed by atoms with Crippen molar-refractivity contribution in [1.82, 2.24) is 15.1 Å². The molecule has 2 fully saturated rings. The lowest BCUT2D eigenvalue weighted by Gasteiger charge is -2.26. The average Bonchev–Trinajstić information content (AvgIpc) is 3.43. The molecule has 0 aromatic carbocycles. The molecule has 3 N–H and O–H groups in total. The van der Waals surface area contributed by atoms with Crippen molar-refractivity contribution >= 4 is 23.5 Å². The van der Waals surface area contributed by atoms with Crippen LogP contribution in [0.4, 0.5) is 5.69 Å². The molecule has 148 valence electrons. The van der Waals surface area contributed by atoms with E-state index in [4.69, 9.17) is 4.42 Å². The molecule has 4 rings (SSSR count). The largest absolute Gasteiger partial charge is 0.481 e. The van der Waals surface area contributed by atoms with E-state index in [0.29, 0.717) is 5.76 Å². The van der Waals surface area contributed by atoms with Gasteiger partial charge < -0.3 is 20.2 Å². The molecule has 2 aliphatic rings. The summed E-state index contributed by atoms with van der Waals surface area (Å²) in [6.45, 7) is 0.198. The molecule has 0 saturated heterocycles. The van der Waals surface area contributed by atoms with Crippen molar-refractivity contribution in [3.8, 4) is 0 Å². The lowest BCUT2D eigenvalue weighted by Crippen LogP contribution is -2.38. The third-order valence-electron chi connectivity index (χ3n) is 5.81. The van der Waals surface area contributed by atoms with Gasteiger partial charge in [0, 0.05) is 13.2 Å². The third kappa shape index (κ3) is 3.28.